The first-order chi connectivity index (χ1) is 7.56. The van der Waals surface area contributed by atoms with Crippen LogP contribution in [0.3, 0.4) is 0 Å². The molecule has 2 rings (SSSR count). The monoisotopic (exact) mass is 305 g/mol. The smallest absolute Gasteiger partial charge is 0.278 e. The summed E-state index contributed by atoms with van der Waals surface area (Å²) < 4.78 is 31.9. The fraction of sp³-hybridized carbons (Fsp3) is 0.100. The van der Waals surface area contributed by atoms with Crippen LogP contribution in [-0.2, 0) is 0 Å². The second kappa shape index (κ2) is 4.47. The van der Waals surface area contributed by atoms with Crippen LogP contribution in [0.2, 0.25) is 0 Å². The zero-order chi connectivity index (χ0) is 11.7. The van der Waals surface area contributed by atoms with Gasteiger partial charge in [-0.3, -0.25) is 0 Å². The molecule has 0 aliphatic heterocycles. The first-order valence-electron chi connectivity index (χ1n) is 4.31. The van der Waals surface area contributed by atoms with Gasteiger partial charge in [0.1, 0.15) is 0 Å². The van der Waals surface area contributed by atoms with E-state index in [0.717, 1.165) is 11.8 Å². The molecule has 2 aromatic rings. The number of aryl methyl sites for hydroxylation is 1. The highest BCUT2D eigenvalue weighted by Crippen LogP contribution is 2.30. The molecule has 1 aromatic heterocycles. The van der Waals surface area contributed by atoms with Crippen LogP contribution in [0.15, 0.2) is 22.0 Å². The molecule has 0 aliphatic carbocycles. The van der Waals surface area contributed by atoms with E-state index in [1.54, 1.807) is 12.3 Å². The third kappa shape index (κ3) is 2.38. The molecule has 0 spiro atoms. The van der Waals surface area contributed by atoms with Crippen molar-refractivity contribution in [3.05, 3.63) is 39.3 Å². The highest BCUT2D eigenvalue weighted by molar-refractivity contribution is 9.10. The quantitative estimate of drug-likeness (QED) is 0.772. The summed E-state index contributed by atoms with van der Waals surface area (Å²) in [5, 5.41) is 2.05. The van der Waals surface area contributed by atoms with Crippen LogP contribution in [0.1, 0.15) is 5.69 Å². The molecule has 0 aliphatic rings. The maximum atomic E-state index is 13.3. The van der Waals surface area contributed by atoms with Crippen molar-refractivity contribution in [1.29, 1.82) is 0 Å². The number of hydrogen-bond donors (Lipinski definition) is 0. The van der Waals surface area contributed by atoms with E-state index in [0.29, 0.717) is 4.47 Å². The van der Waals surface area contributed by atoms with Crippen LogP contribution in [0.4, 0.5) is 8.78 Å². The third-order valence-corrected chi connectivity index (χ3v) is 3.05. The van der Waals surface area contributed by atoms with E-state index in [4.69, 9.17) is 4.74 Å². The Morgan fingerprint density at radius 3 is 2.75 bits per heavy atom. The van der Waals surface area contributed by atoms with Gasteiger partial charge in [0.25, 0.3) is 5.19 Å². The second-order valence-electron chi connectivity index (χ2n) is 3.06. The molecule has 16 heavy (non-hydrogen) atoms. The average Bonchev–Trinajstić information content (AvgIpc) is 2.60. The van der Waals surface area contributed by atoms with E-state index in [-0.39, 0.29) is 10.9 Å². The van der Waals surface area contributed by atoms with Crippen LogP contribution in [-0.4, -0.2) is 4.98 Å². The standard InChI is InChI=1S/C10H6BrF2NOS/c1-5-4-16-10(14-5)15-8-3-6(11)2-7(12)9(8)13/h2-4H,1H3. The van der Waals surface area contributed by atoms with Gasteiger partial charge in [0, 0.05) is 9.85 Å². The predicted octanol–water partition coefficient (Wildman–Crippen LogP) is 4.28. The molecule has 0 saturated heterocycles. The molecular weight excluding hydrogens is 300 g/mol. The Kier molecular flexibility index (Phi) is 3.20. The summed E-state index contributed by atoms with van der Waals surface area (Å²) in [5.41, 5.74) is 0.774. The Hall–Kier alpha value is -1.01. The van der Waals surface area contributed by atoms with Crippen molar-refractivity contribution in [3.8, 4) is 10.9 Å². The molecule has 84 valence electrons. The van der Waals surface area contributed by atoms with Crippen molar-refractivity contribution in [3.63, 3.8) is 0 Å². The van der Waals surface area contributed by atoms with Crippen molar-refractivity contribution >= 4 is 27.3 Å². The minimum atomic E-state index is -1.02. The van der Waals surface area contributed by atoms with Crippen molar-refractivity contribution in [2.24, 2.45) is 0 Å². The Labute approximate surface area is 103 Å². The van der Waals surface area contributed by atoms with Gasteiger partial charge >= 0.3 is 0 Å². The van der Waals surface area contributed by atoms with Gasteiger partial charge in [-0.25, -0.2) is 9.37 Å². The lowest BCUT2D eigenvalue weighted by atomic mass is 10.3. The van der Waals surface area contributed by atoms with Gasteiger partial charge in [-0.05, 0) is 19.1 Å². The zero-order valence-corrected chi connectivity index (χ0v) is 10.5. The fourth-order valence-electron chi connectivity index (χ4n) is 1.08. The first-order valence-corrected chi connectivity index (χ1v) is 5.98. The first kappa shape index (κ1) is 11.5. The maximum absolute atomic E-state index is 13.3. The van der Waals surface area contributed by atoms with Gasteiger partial charge in [-0.2, -0.15) is 4.39 Å². The van der Waals surface area contributed by atoms with Crippen LogP contribution < -0.4 is 4.74 Å². The highest BCUT2D eigenvalue weighted by Gasteiger charge is 2.13. The highest BCUT2D eigenvalue weighted by atomic mass is 79.9. The van der Waals surface area contributed by atoms with E-state index in [2.05, 4.69) is 20.9 Å². The van der Waals surface area contributed by atoms with Crippen molar-refractivity contribution in [2.45, 2.75) is 6.92 Å². The molecule has 0 saturated carbocycles. The Morgan fingerprint density at radius 2 is 2.12 bits per heavy atom. The molecule has 0 bridgehead atoms. The molecule has 0 fully saturated rings. The predicted molar refractivity (Wildman–Crippen MR) is 61.0 cm³/mol. The van der Waals surface area contributed by atoms with E-state index in [1.165, 1.54) is 17.4 Å². The number of hydrogen-bond acceptors (Lipinski definition) is 3. The Balaban J connectivity index is 2.34. The van der Waals surface area contributed by atoms with Crippen molar-refractivity contribution in [1.82, 2.24) is 4.98 Å². The summed E-state index contributed by atoms with van der Waals surface area (Å²) in [6, 6.07) is 2.39. The van der Waals surface area contributed by atoms with E-state index in [9.17, 15) is 8.78 Å². The lowest BCUT2D eigenvalue weighted by Crippen LogP contribution is -1.92. The number of thiazole rings is 1. The minimum Gasteiger partial charge on any atom is -0.428 e. The number of rotatable bonds is 2. The van der Waals surface area contributed by atoms with E-state index in [1.807, 2.05) is 0 Å². The number of benzene rings is 1. The lowest BCUT2D eigenvalue weighted by Gasteiger charge is -2.04. The van der Waals surface area contributed by atoms with Crippen molar-refractivity contribution in [2.75, 3.05) is 0 Å². The minimum absolute atomic E-state index is 0.179. The largest absolute Gasteiger partial charge is 0.428 e. The van der Waals surface area contributed by atoms with Crippen LogP contribution in [0, 0.1) is 18.6 Å². The Morgan fingerprint density at radius 1 is 1.38 bits per heavy atom. The molecule has 1 aromatic carbocycles. The second-order valence-corrected chi connectivity index (χ2v) is 4.79. The lowest BCUT2D eigenvalue weighted by molar-refractivity contribution is 0.413. The molecule has 0 radical (unpaired) electrons. The Bertz CT molecular complexity index is 530. The number of nitrogens with zero attached hydrogens (tertiary/aromatic N) is 1. The van der Waals surface area contributed by atoms with Gasteiger partial charge < -0.3 is 4.74 Å². The number of ether oxygens (including phenoxy) is 1. The molecular formula is C10H6BrF2NOS. The number of aromatic nitrogens is 1. The summed E-state index contributed by atoms with van der Waals surface area (Å²) in [6.45, 7) is 1.79. The fourth-order valence-corrected chi connectivity index (χ4v) is 2.15. The normalized spacial score (nSPS) is 10.5. The van der Waals surface area contributed by atoms with Gasteiger partial charge in [0.2, 0.25) is 5.82 Å². The zero-order valence-electron chi connectivity index (χ0n) is 8.13. The molecule has 6 heteroatoms. The van der Waals surface area contributed by atoms with Crippen molar-refractivity contribution < 1.29 is 13.5 Å². The van der Waals surface area contributed by atoms with Crippen LogP contribution in [0.25, 0.3) is 0 Å². The number of halogens is 3. The molecule has 0 amide bonds. The molecule has 0 atom stereocenters. The van der Waals surface area contributed by atoms with Gasteiger partial charge in [0.15, 0.2) is 11.6 Å². The molecule has 0 unspecified atom stereocenters. The van der Waals surface area contributed by atoms with Gasteiger partial charge in [-0.1, -0.05) is 27.3 Å². The molecule has 0 N–H and O–H groups in total. The summed E-state index contributed by atoms with van der Waals surface area (Å²) in [4.78, 5) is 4.00. The average molecular weight is 306 g/mol. The summed E-state index contributed by atoms with van der Waals surface area (Å²) >= 11 is 4.29. The third-order valence-electron chi connectivity index (χ3n) is 1.75. The maximum Gasteiger partial charge on any atom is 0.278 e. The molecule has 1 heterocycles. The summed E-state index contributed by atoms with van der Waals surface area (Å²) in [6.07, 6.45) is 0. The molecule has 2 nitrogen and oxygen atoms in total. The van der Waals surface area contributed by atoms with Gasteiger partial charge in [0.05, 0.1) is 5.69 Å². The SMILES string of the molecule is Cc1csc(Oc2cc(Br)cc(F)c2F)n1. The van der Waals surface area contributed by atoms with Gasteiger partial charge in [-0.15, -0.1) is 0 Å². The van der Waals surface area contributed by atoms with Crippen LogP contribution in [0.5, 0.6) is 10.9 Å². The summed E-state index contributed by atoms with van der Waals surface area (Å²) in [5.74, 6) is -2.16. The van der Waals surface area contributed by atoms with E-state index >= 15 is 0 Å². The van der Waals surface area contributed by atoms with E-state index < -0.39 is 11.6 Å². The van der Waals surface area contributed by atoms with Crippen LogP contribution >= 0.6 is 27.3 Å². The topological polar surface area (TPSA) is 22.1 Å². The summed E-state index contributed by atoms with van der Waals surface area (Å²) in [7, 11) is 0.